The first kappa shape index (κ1) is 27.9. The Morgan fingerprint density at radius 3 is 1.66 bits per heavy atom. The molecule has 0 rings (SSSR count). The van der Waals surface area contributed by atoms with E-state index in [1.54, 1.807) is 0 Å². The van der Waals surface area contributed by atoms with Gasteiger partial charge in [-0.1, -0.05) is 85.5 Å². The molecule has 1 atom stereocenters. The number of unbranched alkanes of at least 4 members (excludes halogenated alkanes) is 9. The second kappa shape index (κ2) is 20.2. The number of carbonyl (C=O) groups is 2. The van der Waals surface area contributed by atoms with Crippen molar-refractivity contribution >= 4 is 11.9 Å². The first-order valence-electron chi connectivity index (χ1n) is 12.3. The molecule has 0 amide bonds. The zero-order valence-corrected chi connectivity index (χ0v) is 19.8. The molecule has 29 heavy (non-hydrogen) atoms. The highest BCUT2D eigenvalue weighted by Gasteiger charge is 2.18. The molecular weight excluding hydrogens is 364 g/mol. The Labute approximate surface area is 180 Å². The SMILES string of the molecule is CCCCOC(=O)CCCCCCCCCCC(CC(=O)OCCCC)C(C)C. The summed E-state index contributed by atoms with van der Waals surface area (Å²) >= 11 is 0. The quantitative estimate of drug-likeness (QED) is 0.156. The minimum absolute atomic E-state index is 0.0219. The predicted octanol–water partition coefficient (Wildman–Crippen LogP) is 7.24. The molecule has 0 aliphatic heterocycles. The van der Waals surface area contributed by atoms with Crippen molar-refractivity contribution in [1.82, 2.24) is 0 Å². The molecule has 4 heteroatoms. The maximum Gasteiger partial charge on any atom is 0.306 e. The summed E-state index contributed by atoms with van der Waals surface area (Å²) in [4.78, 5) is 23.5. The van der Waals surface area contributed by atoms with Gasteiger partial charge in [-0.05, 0) is 37.5 Å². The van der Waals surface area contributed by atoms with Gasteiger partial charge in [-0.25, -0.2) is 0 Å². The van der Waals surface area contributed by atoms with E-state index in [0.29, 0.717) is 37.9 Å². The van der Waals surface area contributed by atoms with E-state index in [4.69, 9.17) is 9.47 Å². The topological polar surface area (TPSA) is 52.6 Å². The van der Waals surface area contributed by atoms with Crippen LogP contribution in [0, 0.1) is 11.8 Å². The summed E-state index contributed by atoms with van der Waals surface area (Å²) in [7, 11) is 0. The van der Waals surface area contributed by atoms with Gasteiger partial charge in [0.05, 0.1) is 13.2 Å². The second-order valence-electron chi connectivity index (χ2n) is 8.72. The van der Waals surface area contributed by atoms with E-state index < -0.39 is 0 Å². The van der Waals surface area contributed by atoms with Gasteiger partial charge in [0.25, 0.3) is 0 Å². The van der Waals surface area contributed by atoms with E-state index in [1.165, 1.54) is 38.5 Å². The fraction of sp³-hybridized carbons (Fsp3) is 0.920. The molecule has 0 heterocycles. The van der Waals surface area contributed by atoms with Crippen molar-refractivity contribution in [2.24, 2.45) is 11.8 Å². The molecule has 0 saturated carbocycles. The summed E-state index contributed by atoms with van der Waals surface area (Å²) in [5.74, 6) is 0.919. The Balaban J connectivity index is 3.58. The third kappa shape index (κ3) is 18.7. The smallest absolute Gasteiger partial charge is 0.306 e. The maximum atomic E-state index is 11.9. The molecular formula is C25H48O4. The fourth-order valence-corrected chi connectivity index (χ4v) is 3.41. The van der Waals surface area contributed by atoms with Crippen LogP contribution in [0.3, 0.4) is 0 Å². The maximum absolute atomic E-state index is 11.9. The lowest BCUT2D eigenvalue weighted by Crippen LogP contribution is -2.16. The molecule has 0 aromatic heterocycles. The number of carbonyl (C=O) groups excluding carboxylic acids is 2. The van der Waals surface area contributed by atoms with E-state index in [1.807, 2.05) is 0 Å². The van der Waals surface area contributed by atoms with Crippen molar-refractivity contribution in [1.29, 1.82) is 0 Å². The average Bonchev–Trinajstić information content (AvgIpc) is 2.68. The van der Waals surface area contributed by atoms with Gasteiger partial charge in [0.2, 0.25) is 0 Å². The summed E-state index contributed by atoms with van der Waals surface area (Å²) in [6.45, 7) is 9.78. The molecule has 0 saturated heterocycles. The molecule has 0 fully saturated rings. The van der Waals surface area contributed by atoms with Gasteiger partial charge in [-0.3, -0.25) is 9.59 Å². The monoisotopic (exact) mass is 412 g/mol. The molecule has 172 valence electrons. The van der Waals surface area contributed by atoms with Crippen molar-refractivity contribution in [2.75, 3.05) is 13.2 Å². The van der Waals surface area contributed by atoms with Gasteiger partial charge < -0.3 is 9.47 Å². The van der Waals surface area contributed by atoms with Crippen LogP contribution in [0.2, 0.25) is 0 Å². The molecule has 0 N–H and O–H groups in total. The van der Waals surface area contributed by atoms with E-state index >= 15 is 0 Å². The summed E-state index contributed by atoms with van der Waals surface area (Å²) in [6, 6.07) is 0. The van der Waals surface area contributed by atoms with Gasteiger partial charge in [0.15, 0.2) is 0 Å². The molecule has 0 aromatic rings. The van der Waals surface area contributed by atoms with Crippen LogP contribution >= 0.6 is 0 Å². The van der Waals surface area contributed by atoms with Crippen LogP contribution < -0.4 is 0 Å². The lowest BCUT2D eigenvalue weighted by Gasteiger charge is -2.20. The first-order valence-corrected chi connectivity index (χ1v) is 12.3. The highest BCUT2D eigenvalue weighted by molar-refractivity contribution is 5.69. The van der Waals surface area contributed by atoms with Crippen molar-refractivity contribution in [2.45, 2.75) is 124 Å². The van der Waals surface area contributed by atoms with Crippen molar-refractivity contribution in [3.8, 4) is 0 Å². The van der Waals surface area contributed by atoms with Gasteiger partial charge >= 0.3 is 11.9 Å². The molecule has 0 bridgehead atoms. The number of hydrogen-bond donors (Lipinski definition) is 0. The normalized spacial score (nSPS) is 12.2. The average molecular weight is 413 g/mol. The largest absolute Gasteiger partial charge is 0.466 e. The van der Waals surface area contributed by atoms with Gasteiger partial charge in [0.1, 0.15) is 0 Å². The van der Waals surface area contributed by atoms with Crippen LogP contribution in [-0.4, -0.2) is 25.2 Å². The van der Waals surface area contributed by atoms with Gasteiger partial charge in [0, 0.05) is 12.8 Å². The number of hydrogen-bond acceptors (Lipinski definition) is 4. The van der Waals surface area contributed by atoms with Crippen LogP contribution in [0.1, 0.15) is 124 Å². The van der Waals surface area contributed by atoms with Crippen molar-refractivity contribution < 1.29 is 19.1 Å². The van der Waals surface area contributed by atoms with E-state index in [9.17, 15) is 9.59 Å². The minimum atomic E-state index is -0.0348. The minimum Gasteiger partial charge on any atom is -0.466 e. The number of rotatable bonds is 20. The van der Waals surface area contributed by atoms with Crippen LogP contribution in [0.25, 0.3) is 0 Å². The molecule has 0 spiro atoms. The first-order chi connectivity index (χ1) is 14.0. The molecule has 1 unspecified atom stereocenters. The van der Waals surface area contributed by atoms with E-state index in [0.717, 1.165) is 44.9 Å². The number of ether oxygens (including phenoxy) is 2. The summed E-state index contributed by atoms with van der Waals surface area (Å²) in [5, 5.41) is 0. The summed E-state index contributed by atoms with van der Waals surface area (Å²) in [5.41, 5.74) is 0. The molecule has 0 aliphatic carbocycles. The van der Waals surface area contributed by atoms with E-state index in [2.05, 4.69) is 27.7 Å². The third-order valence-corrected chi connectivity index (χ3v) is 5.60. The van der Waals surface area contributed by atoms with Gasteiger partial charge in [-0.15, -0.1) is 0 Å². The van der Waals surface area contributed by atoms with Crippen molar-refractivity contribution in [3.05, 3.63) is 0 Å². The lowest BCUT2D eigenvalue weighted by atomic mass is 9.87. The summed E-state index contributed by atoms with van der Waals surface area (Å²) in [6.07, 6.45) is 15.8. The van der Waals surface area contributed by atoms with Crippen LogP contribution in [0.15, 0.2) is 0 Å². The Bertz CT molecular complexity index is 392. The molecule has 0 radical (unpaired) electrons. The second-order valence-corrected chi connectivity index (χ2v) is 8.72. The van der Waals surface area contributed by atoms with E-state index in [-0.39, 0.29) is 11.9 Å². The summed E-state index contributed by atoms with van der Waals surface area (Å²) < 4.78 is 10.5. The third-order valence-electron chi connectivity index (χ3n) is 5.60. The zero-order chi connectivity index (χ0) is 21.7. The number of esters is 2. The lowest BCUT2D eigenvalue weighted by molar-refractivity contribution is -0.145. The molecule has 0 aromatic carbocycles. The van der Waals surface area contributed by atoms with Crippen LogP contribution in [-0.2, 0) is 19.1 Å². The Kier molecular flexibility index (Phi) is 19.5. The zero-order valence-electron chi connectivity index (χ0n) is 19.8. The highest BCUT2D eigenvalue weighted by Crippen LogP contribution is 2.23. The standard InChI is InChI=1S/C25H48O4/c1-5-7-19-28-24(26)18-16-14-12-10-9-11-13-15-17-23(22(3)4)21-25(27)29-20-8-6-2/h22-23H,5-21H2,1-4H3. The van der Waals surface area contributed by atoms with Gasteiger partial charge in [-0.2, -0.15) is 0 Å². The predicted molar refractivity (Wildman–Crippen MR) is 121 cm³/mol. The fourth-order valence-electron chi connectivity index (χ4n) is 3.41. The van der Waals surface area contributed by atoms with Crippen LogP contribution in [0.5, 0.6) is 0 Å². The highest BCUT2D eigenvalue weighted by atomic mass is 16.5. The Morgan fingerprint density at radius 1 is 0.655 bits per heavy atom. The van der Waals surface area contributed by atoms with Crippen LogP contribution in [0.4, 0.5) is 0 Å². The van der Waals surface area contributed by atoms with Crippen molar-refractivity contribution in [3.63, 3.8) is 0 Å². The Hall–Kier alpha value is -1.06. The molecule has 0 aliphatic rings. The Morgan fingerprint density at radius 2 is 1.14 bits per heavy atom. The molecule has 4 nitrogen and oxygen atoms in total.